The van der Waals surface area contributed by atoms with E-state index in [2.05, 4.69) is 0 Å². The van der Waals surface area contributed by atoms with Crippen LogP contribution in [0.15, 0.2) is 11.6 Å². The fraction of sp³-hybridized carbons (Fsp3) is 0.800. The molecule has 0 radical (unpaired) electrons. The van der Waals surface area contributed by atoms with Gasteiger partial charge in [0.25, 0.3) is 0 Å². The Bertz CT molecular complexity index is 623. The molecular weight excluding hydrogens is 304 g/mol. The SMILES string of the molecule is O=C1C=C2CCC3C(C4CC5(CO4)C(C(=O)CO)CCC35)C2CC1. The third kappa shape index (κ3) is 1.87. The van der Waals surface area contributed by atoms with Gasteiger partial charge in [-0.25, -0.2) is 0 Å². The monoisotopic (exact) mass is 330 g/mol. The molecule has 5 aliphatic rings. The Morgan fingerprint density at radius 1 is 1.25 bits per heavy atom. The number of aliphatic hydroxyl groups excluding tert-OH is 1. The lowest BCUT2D eigenvalue weighted by Gasteiger charge is -2.52. The topological polar surface area (TPSA) is 63.6 Å². The summed E-state index contributed by atoms with van der Waals surface area (Å²) >= 11 is 0. The van der Waals surface area contributed by atoms with Gasteiger partial charge in [-0.05, 0) is 68.3 Å². The maximum absolute atomic E-state index is 12.3. The second-order valence-corrected chi connectivity index (χ2v) is 8.76. The van der Waals surface area contributed by atoms with E-state index in [1.165, 1.54) is 5.57 Å². The molecule has 1 heterocycles. The van der Waals surface area contributed by atoms with Crippen molar-refractivity contribution in [2.75, 3.05) is 13.2 Å². The maximum atomic E-state index is 12.3. The van der Waals surface area contributed by atoms with Crippen LogP contribution < -0.4 is 0 Å². The van der Waals surface area contributed by atoms with E-state index >= 15 is 0 Å². The van der Waals surface area contributed by atoms with Gasteiger partial charge in [0.1, 0.15) is 6.61 Å². The van der Waals surface area contributed by atoms with Crippen molar-refractivity contribution in [3.63, 3.8) is 0 Å². The van der Waals surface area contributed by atoms with E-state index in [0.29, 0.717) is 42.5 Å². The van der Waals surface area contributed by atoms with Gasteiger partial charge in [0.05, 0.1) is 12.7 Å². The number of aliphatic hydroxyl groups is 1. The summed E-state index contributed by atoms with van der Waals surface area (Å²) in [5.41, 5.74) is 1.37. The number of hydrogen-bond acceptors (Lipinski definition) is 4. The van der Waals surface area contributed by atoms with Crippen molar-refractivity contribution < 1.29 is 19.4 Å². The molecule has 130 valence electrons. The highest BCUT2D eigenvalue weighted by atomic mass is 16.5. The predicted octanol–water partition coefficient (Wildman–Crippen LogP) is 2.29. The molecule has 1 saturated heterocycles. The van der Waals surface area contributed by atoms with Gasteiger partial charge in [-0.2, -0.15) is 0 Å². The Hall–Kier alpha value is -1.00. The Balaban J connectivity index is 1.50. The van der Waals surface area contributed by atoms with Gasteiger partial charge in [-0.3, -0.25) is 9.59 Å². The van der Waals surface area contributed by atoms with Crippen molar-refractivity contribution >= 4 is 11.6 Å². The average Bonchev–Trinajstić information content (AvgIpc) is 3.16. The zero-order valence-electron chi connectivity index (χ0n) is 14.1. The summed E-state index contributed by atoms with van der Waals surface area (Å²) in [5.74, 6) is 2.60. The van der Waals surface area contributed by atoms with Crippen LogP contribution in [0.2, 0.25) is 0 Å². The molecule has 7 atom stereocenters. The van der Waals surface area contributed by atoms with E-state index in [-0.39, 0.29) is 29.8 Å². The highest BCUT2D eigenvalue weighted by Gasteiger charge is 2.66. The second-order valence-electron chi connectivity index (χ2n) is 8.76. The first-order valence-electron chi connectivity index (χ1n) is 9.62. The molecule has 4 nitrogen and oxygen atoms in total. The van der Waals surface area contributed by atoms with E-state index in [9.17, 15) is 14.7 Å². The van der Waals surface area contributed by atoms with Crippen LogP contribution >= 0.6 is 0 Å². The van der Waals surface area contributed by atoms with Gasteiger partial charge >= 0.3 is 0 Å². The minimum Gasteiger partial charge on any atom is -0.389 e. The van der Waals surface area contributed by atoms with Gasteiger partial charge < -0.3 is 9.84 Å². The van der Waals surface area contributed by atoms with E-state index in [4.69, 9.17) is 4.74 Å². The van der Waals surface area contributed by atoms with Crippen molar-refractivity contribution in [2.24, 2.45) is 35.0 Å². The summed E-state index contributed by atoms with van der Waals surface area (Å²) in [6.45, 7) is 0.381. The molecule has 1 N–H and O–H groups in total. The highest BCUT2D eigenvalue weighted by Crippen LogP contribution is 2.67. The van der Waals surface area contributed by atoms with E-state index in [1.54, 1.807) is 0 Å². The Kier molecular flexibility index (Phi) is 3.34. The van der Waals surface area contributed by atoms with Crippen LogP contribution in [0.4, 0.5) is 0 Å². The zero-order valence-corrected chi connectivity index (χ0v) is 14.1. The van der Waals surface area contributed by atoms with Crippen LogP contribution in [-0.4, -0.2) is 36.0 Å². The number of carbonyl (C=O) groups is 2. The highest BCUT2D eigenvalue weighted by molar-refractivity contribution is 5.91. The molecule has 5 rings (SSSR count). The Morgan fingerprint density at radius 2 is 2.12 bits per heavy atom. The fourth-order valence-electron chi connectivity index (χ4n) is 7.31. The molecular formula is C20H26O4. The van der Waals surface area contributed by atoms with E-state index in [0.717, 1.165) is 38.5 Å². The Morgan fingerprint density at radius 3 is 2.96 bits per heavy atom. The number of ether oxygens (including phenoxy) is 1. The minimum absolute atomic E-state index is 0.00263. The summed E-state index contributed by atoms with van der Waals surface area (Å²) < 4.78 is 6.31. The molecule has 0 aromatic carbocycles. The number of hydrogen-bond donors (Lipinski definition) is 1. The lowest BCUT2D eigenvalue weighted by atomic mass is 9.51. The van der Waals surface area contributed by atoms with Crippen molar-refractivity contribution in [2.45, 2.75) is 51.0 Å². The van der Waals surface area contributed by atoms with Crippen LogP contribution in [-0.2, 0) is 14.3 Å². The van der Waals surface area contributed by atoms with Gasteiger partial charge in [-0.1, -0.05) is 5.57 Å². The molecule has 0 aromatic heterocycles. The summed E-state index contributed by atoms with van der Waals surface area (Å²) in [6.07, 6.45) is 9.08. The predicted molar refractivity (Wildman–Crippen MR) is 87.1 cm³/mol. The molecule has 4 aliphatic carbocycles. The van der Waals surface area contributed by atoms with Gasteiger partial charge in [-0.15, -0.1) is 0 Å². The molecule has 1 spiro atoms. The lowest BCUT2D eigenvalue weighted by Crippen LogP contribution is -2.51. The maximum Gasteiger partial charge on any atom is 0.161 e. The number of ketones is 2. The molecule has 4 heteroatoms. The van der Waals surface area contributed by atoms with Crippen molar-refractivity contribution in [1.82, 2.24) is 0 Å². The molecule has 0 amide bonds. The van der Waals surface area contributed by atoms with Crippen LogP contribution in [0.25, 0.3) is 0 Å². The lowest BCUT2D eigenvalue weighted by molar-refractivity contribution is -0.131. The Labute approximate surface area is 142 Å². The van der Waals surface area contributed by atoms with Gasteiger partial charge in [0.15, 0.2) is 11.6 Å². The number of Topliss-reactive ketones (excluding diaryl/α,β-unsaturated/α-hetero) is 1. The quantitative estimate of drug-likeness (QED) is 0.844. The first kappa shape index (κ1) is 15.3. The number of rotatable bonds is 2. The van der Waals surface area contributed by atoms with E-state index < -0.39 is 0 Å². The normalized spacial score (nSPS) is 49.2. The van der Waals surface area contributed by atoms with Crippen LogP contribution in [0, 0.1) is 35.0 Å². The first-order valence-corrected chi connectivity index (χ1v) is 9.62. The average molecular weight is 330 g/mol. The number of carbonyl (C=O) groups excluding carboxylic acids is 2. The van der Waals surface area contributed by atoms with E-state index in [1.807, 2.05) is 6.08 Å². The van der Waals surface area contributed by atoms with Crippen molar-refractivity contribution in [3.8, 4) is 0 Å². The second kappa shape index (κ2) is 5.25. The molecule has 24 heavy (non-hydrogen) atoms. The largest absolute Gasteiger partial charge is 0.389 e. The van der Waals surface area contributed by atoms with Crippen molar-refractivity contribution in [1.29, 1.82) is 0 Å². The third-order valence-electron chi connectivity index (χ3n) is 8.09. The summed E-state index contributed by atoms with van der Waals surface area (Å²) in [4.78, 5) is 24.1. The molecule has 2 bridgehead atoms. The molecule has 3 saturated carbocycles. The number of fused-ring (bicyclic) bond motifs is 6. The molecule has 1 aliphatic heterocycles. The summed E-state index contributed by atoms with van der Waals surface area (Å²) in [7, 11) is 0. The standard InChI is InChI=1S/C20H26O4/c21-9-17(23)16-6-5-15-14-3-1-11-7-12(22)2-4-13(11)19(14)18-8-20(15,16)10-24-18/h7,13-16,18-19,21H,1-6,8-10H2. The van der Waals surface area contributed by atoms with Gasteiger partial charge in [0.2, 0.25) is 0 Å². The zero-order chi connectivity index (χ0) is 16.5. The summed E-state index contributed by atoms with van der Waals surface area (Å²) in [5, 5.41) is 9.39. The van der Waals surface area contributed by atoms with Gasteiger partial charge in [0, 0.05) is 17.8 Å². The smallest absolute Gasteiger partial charge is 0.161 e. The molecule has 4 fully saturated rings. The van der Waals surface area contributed by atoms with Crippen LogP contribution in [0.1, 0.15) is 44.9 Å². The fourth-order valence-corrected chi connectivity index (χ4v) is 7.31. The third-order valence-corrected chi connectivity index (χ3v) is 8.09. The van der Waals surface area contributed by atoms with Crippen molar-refractivity contribution in [3.05, 3.63) is 11.6 Å². The minimum atomic E-state index is -0.324. The van der Waals surface area contributed by atoms with Crippen LogP contribution in [0.3, 0.4) is 0 Å². The first-order chi connectivity index (χ1) is 11.6. The molecule has 7 unspecified atom stereocenters. The van der Waals surface area contributed by atoms with Crippen LogP contribution in [0.5, 0.6) is 0 Å². The molecule has 0 aromatic rings. The number of allylic oxidation sites excluding steroid dienone is 1. The summed E-state index contributed by atoms with van der Waals surface area (Å²) in [6, 6.07) is 0.